The summed E-state index contributed by atoms with van der Waals surface area (Å²) in [7, 11) is 0. The van der Waals surface area contributed by atoms with Crippen LogP contribution in [-0.2, 0) is 14.3 Å². The molecule has 26 heavy (non-hydrogen) atoms. The van der Waals surface area contributed by atoms with Crippen LogP contribution in [0.2, 0.25) is 5.02 Å². The lowest BCUT2D eigenvalue weighted by atomic mass is 9.81. The molecule has 1 amide bonds. The topological polar surface area (TPSA) is 73.9 Å². The van der Waals surface area contributed by atoms with Crippen LogP contribution in [0.5, 0.6) is 11.5 Å². The van der Waals surface area contributed by atoms with Gasteiger partial charge in [-0.1, -0.05) is 30.9 Å². The Kier molecular flexibility index (Phi) is 5.71. The Balaban J connectivity index is 1.71. The van der Waals surface area contributed by atoms with Crippen LogP contribution in [0.25, 0.3) is 6.08 Å². The van der Waals surface area contributed by atoms with Crippen molar-refractivity contribution in [3.63, 3.8) is 0 Å². The van der Waals surface area contributed by atoms with Crippen molar-refractivity contribution < 1.29 is 23.8 Å². The van der Waals surface area contributed by atoms with E-state index in [0.29, 0.717) is 41.5 Å². The molecule has 1 fully saturated rings. The molecule has 1 aromatic carbocycles. The van der Waals surface area contributed by atoms with E-state index in [4.69, 9.17) is 25.8 Å². The third-order valence-electron chi connectivity index (χ3n) is 4.61. The minimum Gasteiger partial charge on any atom is -0.464 e. The first-order chi connectivity index (χ1) is 12.5. The molecule has 1 N–H and O–H groups in total. The molecule has 1 heterocycles. The minimum atomic E-state index is -0.928. The van der Waals surface area contributed by atoms with Crippen molar-refractivity contribution in [2.75, 3.05) is 13.4 Å². The second kappa shape index (κ2) is 7.99. The van der Waals surface area contributed by atoms with Gasteiger partial charge in [-0.25, -0.2) is 4.79 Å². The summed E-state index contributed by atoms with van der Waals surface area (Å²) in [6.07, 6.45) is 7.06. The lowest BCUT2D eigenvalue weighted by molar-refractivity contribution is -0.154. The van der Waals surface area contributed by atoms with Crippen molar-refractivity contribution in [3.8, 4) is 11.5 Å². The van der Waals surface area contributed by atoms with Crippen LogP contribution in [0, 0.1) is 0 Å². The molecule has 0 atom stereocenters. The van der Waals surface area contributed by atoms with Crippen molar-refractivity contribution >= 4 is 29.6 Å². The quantitative estimate of drug-likeness (QED) is 0.626. The Hall–Kier alpha value is -2.21. The molecular formula is C19H22ClNO5. The highest BCUT2D eigenvalue weighted by molar-refractivity contribution is 6.32. The second-order valence-electron chi connectivity index (χ2n) is 6.42. The summed E-state index contributed by atoms with van der Waals surface area (Å²) in [6.45, 7) is 2.19. The smallest absolute Gasteiger partial charge is 0.331 e. The molecule has 0 saturated heterocycles. The number of hydrogen-bond donors (Lipinski definition) is 1. The zero-order valence-electron chi connectivity index (χ0n) is 14.7. The maximum atomic E-state index is 12.4. The predicted octanol–water partition coefficient (Wildman–Crippen LogP) is 3.46. The first kappa shape index (κ1) is 18.6. The predicted molar refractivity (Wildman–Crippen MR) is 97.2 cm³/mol. The van der Waals surface area contributed by atoms with Crippen molar-refractivity contribution in [2.45, 2.75) is 44.6 Å². The number of nitrogens with one attached hydrogen (secondary N) is 1. The van der Waals surface area contributed by atoms with Crippen LogP contribution in [0.1, 0.15) is 44.6 Å². The Morgan fingerprint density at radius 3 is 2.77 bits per heavy atom. The van der Waals surface area contributed by atoms with Gasteiger partial charge in [0.25, 0.3) is 0 Å². The van der Waals surface area contributed by atoms with E-state index in [1.807, 2.05) is 0 Å². The van der Waals surface area contributed by atoms with Gasteiger partial charge in [-0.3, -0.25) is 4.79 Å². The van der Waals surface area contributed by atoms with Crippen molar-refractivity contribution in [3.05, 3.63) is 28.8 Å². The van der Waals surface area contributed by atoms with Crippen molar-refractivity contribution in [2.24, 2.45) is 0 Å². The normalized spacial score (nSPS) is 17.9. The van der Waals surface area contributed by atoms with Gasteiger partial charge >= 0.3 is 5.97 Å². The highest BCUT2D eigenvalue weighted by Gasteiger charge is 2.41. The van der Waals surface area contributed by atoms with Gasteiger partial charge in [-0.15, -0.1) is 0 Å². The van der Waals surface area contributed by atoms with E-state index in [0.717, 1.165) is 19.3 Å². The fourth-order valence-corrected chi connectivity index (χ4v) is 3.61. The molecule has 0 bridgehead atoms. The van der Waals surface area contributed by atoms with Gasteiger partial charge in [0.1, 0.15) is 5.54 Å². The Morgan fingerprint density at radius 1 is 1.27 bits per heavy atom. The van der Waals surface area contributed by atoms with Crippen molar-refractivity contribution in [1.29, 1.82) is 0 Å². The molecule has 140 valence electrons. The lowest BCUT2D eigenvalue weighted by Crippen LogP contribution is -2.56. The molecular weight excluding hydrogens is 358 g/mol. The molecule has 2 aliphatic rings. The van der Waals surface area contributed by atoms with Gasteiger partial charge in [-0.2, -0.15) is 0 Å². The molecule has 1 saturated carbocycles. The molecule has 1 aliphatic heterocycles. The zero-order valence-corrected chi connectivity index (χ0v) is 15.4. The van der Waals surface area contributed by atoms with Crippen molar-refractivity contribution in [1.82, 2.24) is 5.32 Å². The van der Waals surface area contributed by atoms with E-state index in [9.17, 15) is 9.59 Å². The number of fused-ring (bicyclic) bond motifs is 1. The third-order valence-corrected chi connectivity index (χ3v) is 4.89. The summed E-state index contributed by atoms with van der Waals surface area (Å²) in [5.74, 6) is 0.367. The van der Waals surface area contributed by atoms with E-state index >= 15 is 0 Å². The Morgan fingerprint density at radius 2 is 2.04 bits per heavy atom. The third kappa shape index (κ3) is 3.96. The van der Waals surface area contributed by atoms with Gasteiger partial charge in [0.2, 0.25) is 12.7 Å². The number of benzene rings is 1. The first-order valence-electron chi connectivity index (χ1n) is 8.81. The van der Waals surface area contributed by atoms with E-state index in [1.165, 1.54) is 6.08 Å². The number of carbonyl (C=O) groups excluding carboxylic acids is 2. The molecule has 7 heteroatoms. The van der Waals surface area contributed by atoms with Gasteiger partial charge < -0.3 is 19.5 Å². The van der Waals surface area contributed by atoms with E-state index in [2.05, 4.69) is 5.32 Å². The summed E-state index contributed by atoms with van der Waals surface area (Å²) in [4.78, 5) is 24.8. The Labute approximate surface area is 157 Å². The van der Waals surface area contributed by atoms with Crippen LogP contribution in [0.3, 0.4) is 0 Å². The minimum absolute atomic E-state index is 0.130. The number of ether oxygens (including phenoxy) is 3. The van der Waals surface area contributed by atoms with E-state index in [-0.39, 0.29) is 18.7 Å². The fraction of sp³-hybridized carbons (Fsp3) is 0.474. The number of esters is 1. The number of rotatable bonds is 5. The maximum absolute atomic E-state index is 12.4. The molecule has 1 aliphatic carbocycles. The number of amides is 1. The SMILES string of the molecule is CCOC(=O)C1(NC(=O)/C=C/c2cc(Cl)c3c(c2)OCO3)CCCCC1. The number of hydrogen-bond acceptors (Lipinski definition) is 5. The Bertz CT molecular complexity index is 725. The van der Waals surface area contributed by atoms with Gasteiger partial charge in [-0.05, 0) is 43.5 Å². The summed E-state index contributed by atoms with van der Waals surface area (Å²) in [6, 6.07) is 3.44. The second-order valence-corrected chi connectivity index (χ2v) is 6.83. The van der Waals surface area contributed by atoms with Crippen LogP contribution in [0.4, 0.5) is 0 Å². The molecule has 3 rings (SSSR count). The average Bonchev–Trinajstić information content (AvgIpc) is 3.10. The molecule has 6 nitrogen and oxygen atoms in total. The maximum Gasteiger partial charge on any atom is 0.331 e. The van der Waals surface area contributed by atoms with Crippen LogP contribution < -0.4 is 14.8 Å². The zero-order chi connectivity index (χ0) is 18.6. The average molecular weight is 380 g/mol. The molecule has 0 unspecified atom stereocenters. The molecule has 0 aromatic heterocycles. The summed E-state index contributed by atoms with van der Waals surface area (Å²) < 4.78 is 15.8. The summed E-state index contributed by atoms with van der Waals surface area (Å²) in [5, 5.41) is 3.29. The van der Waals surface area contributed by atoms with Gasteiger partial charge in [0.15, 0.2) is 11.5 Å². The number of carbonyl (C=O) groups is 2. The van der Waals surface area contributed by atoms with Crippen LogP contribution >= 0.6 is 11.6 Å². The van der Waals surface area contributed by atoms with Gasteiger partial charge in [0.05, 0.1) is 11.6 Å². The molecule has 0 spiro atoms. The highest BCUT2D eigenvalue weighted by Crippen LogP contribution is 2.40. The summed E-state index contributed by atoms with van der Waals surface area (Å²) in [5.41, 5.74) is -0.217. The number of halogens is 1. The van der Waals surface area contributed by atoms with E-state index in [1.54, 1.807) is 25.1 Å². The largest absolute Gasteiger partial charge is 0.464 e. The van der Waals surface area contributed by atoms with Gasteiger partial charge in [0, 0.05) is 6.08 Å². The molecule has 1 aromatic rings. The molecule has 0 radical (unpaired) electrons. The van der Waals surface area contributed by atoms with Crippen LogP contribution in [-0.4, -0.2) is 30.8 Å². The van der Waals surface area contributed by atoms with Crippen LogP contribution in [0.15, 0.2) is 18.2 Å². The monoisotopic (exact) mass is 379 g/mol. The van der Waals surface area contributed by atoms with E-state index < -0.39 is 5.54 Å². The first-order valence-corrected chi connectivity index (χ1v) is 9.18. The summed E-state index contributed by atoms with van der Waals surface area (Å²) >= 11 is 6.14. The highest BCUT2D eigenvalue weighted by atomic mass is 35.5. The standard InChI is InChI=1S/C19H22ClNO5/c1-2-24-18(23)19(8-4-3-5-9-19)21-16(22)7-6-13-10-14(20)17-15(11-13)25-12-26-17/h6-7,10-11H,2-5,8-9,12H2,1H3,(H,21,22)/b7-6+. The lowest BCUT2D eigenvalue weighted by Gasteiger charge is -2.35. The fourth-order valence-electron chi connectivity index (χ4n) is 3.34.